The number of benzene rings is 1. The quantitative estimate of drug-likeness (QED) is 0.763. The van der Waals surface area contributed by atoms with Gasteiger partial charge < -0.3 is 15.2 Å². The number of rotatable bonds is 2. The van der Waals surface area contributed by atoms with Crippen LogP contribution in [0.3, 0.4) is 0 Å². The van der Waals surface area contributed by atoms with Gasteiger partial charge in [-0.25, -0.2) is 0 Å². The Bertz CT molecular complexity index is 402. The second-order valence-corrected chi connectivity index (χ2v) is 3.62. The van der Waals surface area contributed by atoms with Gasteiger partial charge in [0.1, 0.15) is 17.3 Å². The maximum Gasteiger partial charge on any atom is 0.132 e. The van der Waals surface area contributed by atoms with E-state index in [1.54, 1.807) is 19.2 Å². The lowest BCUT2D eigenvalue weighted by Gasteiger charge is -2.08. The number of aromatic hydroxyl groups is 1. The van der Waals surface area contributed by atoms with Crippen LogP contribution in [0.4, 0.5) is 0 Å². The van der Waals surface area contributed by atoms with E-state index in [0.29, 0.717) is 11.8 Å². The molecule has 0 saturated heterocycles. The van der Waals surface area contributed by atoms with E-state index in [1.807, 2.05) is 6.07 Å². The summed E-state index contributed by atoms with van der Waals surface area (Å²) in [5.41, 5.74) is 0.722. The van der Waals surface area contributed by atoms with Crippen LogP contribution in [0.25, 0.3) is 0 Å². The van der Waals surface area contributed by atoms with Crippen molar-refractivity contribution in [3.05, 3.63) is 23.8 Å². The maximum atomic E-state index is 9.77. The van der Waals surface area contributed by atoms with Crippen molar-refractivity contribution in [3.63, 3.8) is 0 Å². The van der Waals surface area contributed by atoms with Crippen LogP contribution in [0.2, 0.25) is 0 Å². The van der Waals surface area contributed by atoms with Crippen LogP contribution < -0.4 is 10.1 Å². The minimum atomic E-state index is 0.190. The number of nitrogens with zero attached hydrogens (tertiary/aromatic N) is 1. The number of phenolic OH excluding ortho intramolecular Hbond substituents is 1. The molecule has 1 heterocycles. The molecule has 0 bridgehead atoms. The monoisotopic (exact) mass is 206 g/mol. The Morgan fingerprint density at radius 1 is 1.53 bits per heavy atom. The topological polar surface area (TPSA) is 53.8 Å². The van der Waals surface area contributed by atoms with Crippen molar-refractivity contribution in [3.8, 4) is 11.5 Å². The molecule has 0 unspecified atom stereocenters. The van der Waals surface area contributed by atoms with Crippen molar-refractivity contribution < 1.29 is 9.84 Å². The third-order valence-electron chi connectivity index (χ3n) is 2.37. The predicted molar refractivity (Wildman–Crippen MR) is 58.7 cm³/mol. The zero-order valence-electron chi connectivity index (χ0n) is 8.82. The summed E-state index contributed by atoms with van der Waals surface area (Å²) in [4.78, 5) is 4.31. The molecular weight excluding hydrogens is 192 g/mol. The van der Waals surface area contributed by atoms with Gasteiger partial charge in [-0.1, -0.05) is 0 Å². The summed E-state index contributed by atoms with van der Waals surface area (Å²) in [6, 6.07) is 5.53. The van der Waals surface area contributed by atoms with E-state index in [2.05, 4.69) is 17.2 Å². The second kappa shape index (κ2) is 3.81. The smallest absolute Gasteiger partial charge is 0.132 e. The molecule has 2 N–H and O–H groups in total. The molecule has 0 radical (unpaired) electrons. The zero-order valence-corrected chi connectivity index (χ0v) is 8.82. The Hall–Kier alpha value is -1.71. The number of hydrogen-bond donors (Lipinski definition) is 2. The highest BCUT2D eigenvalue weighted by Gasteiger charge is 2.17. The molecule has 0 saturated carbocycles. The minimum Gasteiger partial charge on any atom is -0.507 e. The van der Waals surface area contributed by atoms with E-state index in [0.717, 1.165) is 17.9 Å². The van der Waals surface area contributed by atoms with Gasteiger partial charge in [0.25, 0.3) is 0 Å². The zero-order chi connectivity index (χ0) is 10.8. The van der Waals surface area contributed by atoms with E-state index >= 15 is 0 Å². The summed E-state index contributed by atoms with van der Waals surface area (Å²) >= 11 is 0. The van der Waals surface area contributed by atoms with Crippen LogP contribution in [0, 0.1) is 0 Å². The van der Waals surface area contributed by atoms with Gasteiger partial charge >= 0.3 is 0 Å². The van der Waals surface area contributed by atoms with Crippen molar-refractivity contribution in [2.75, 3.05) is 13.7 Å². The van der Waals surface area contributed by atoms with Gasteiger partial charge in [0.15, 0.2) is 0 Å². The molecule has 1 aromatic carbocycles. The van der Waals surface area contributed by atoms with Crippen LogP contribution >= 0.6 is 0 Å². The number of amidine groups is 1. The molecule has 80 valence electrons. The van der Waals surface area contributed by atoms with Crippen molar-refractivity contribution in [2.45, 2.75) is 13.0 Å². The largest absolute Gasteiger partial charge is 0.507 e. The molecule has 4 heteroatoms. The van der Waals surface area contributed by atoms with Gasteiger partial charge in [0, 0.05) is 12.1 Å². The molecule has 1 aliphatic rings. The molecular formula is C11H14N2O2. The standard InChI is InChI=1S/C11H14N2O2/c1-7-6-12-11(13-7)9-4-3-8(15-2)5-10(9)14/h3-5,7,14H,6H2,1-2H3,(H,12,13)/t7-/m0/s1. The van der Waals surface area contributed by atoms with E-state index in [-0.39, 0.29) is 5.75 Å². The Kier molecular flexibility index (Phi) is 2.49. The van der Waals surface area contributed by atoms with Crippen molar-refractivity contribution in [2.24, 2.45) is 4.99 Å². The second-order valence-electron chi connectivity index (χ2n) is 3.62. The summed E-state index contributed by atoms with van der Waals surface area (Å²) in [5, 5.41) is 13.0. The molecule has 15 heavy (non-hydrogen) atoms. The number of ether oxygens (including phenoxy) is 1. The van der Waals surface area contributed by atoms with Crippen LogP contribution in [0.1, 0.15) is 12.5 Å². The van der Waals surface area contributed by atoms with Gasteiger partial charge in [-0.2, -0.15) is 0 Å². The lowest BCUT2D eigenvalue weighted by atomic mass is 10.1. The van der Waals surface area contributed by atoms with Gasteiger partial charge in [-0.3, -0.25) is 4.99 Å². The highest BCUT2D eigenvalue weighted by Crippen LogP contribution is 2.24. The van der Waals surface area contributed by atoms with Crippen molar-refractivity contribution in [1.29, 1.82) is 0 Å². The molecule has 0 amide bonds. The van der Waals surface area contributed by atoms with Crippen molar-refractivity contribution in [1.82, 2.24) is 5.32 Å². The van der Waals surface area contributed by atoms with Gasteiger partial charge in [-0.05, 0) is 19.1 Å². The van der Waals surface area contributed by atoms with Crippen molar-refractivity contribution >= 4 is 5.84 Å². The molecule has 1 aromatic rings. The summed E-state index contributed by atoms with van der Waals surface area (Å²) in [6.45, 7) is 2.80. The number of aliphatic imine (C=N–C) groups is 1. The molecule has 1 aliphatic heterocycles. The normalized spacial score (nSPS) is 19.6. The molecule has 1 atom stereocenters. The molecule has 2 rings (SSSR count). The van der Waals surface area contributed by atoms with Crippen LogP contribution in [0.5, 0.6) is 11.5 Å². The minimum absolute atomic E-state index is 0.190. The molecule has 0 spiro atoms. The Morgan fingerprint density at radius 2 is 2.33 bits per heavy atom. The Balaban J connectivity index is 2.29. The van der Waals surface area contributed by atoms with E-state index < -0.39 is 0 Å². The van der Waals surface area contributed by atoms with Crippen LogP contribution in [0.15, 0.2) is 23.2 Å². The summed E-state index contributed by atoms with van der Waals surface area (Å²) in [7, 11) is 1.57. The first-order valence-corrected chi connectivity index (χ1v) is 4.89. The van der Waals surface area contributed by atoms with Crippen LogP contribution in [-0.2, 0) is 0 Å². The summed E-state index contributed by atoms with van der Waals surface area (Å²) < 4.78 is 5.01. The Morgan fingerprint density at radius 3 is 2.87 bits per heavy atom. The maximum absolute atomic E-state index is 9.77. The van der Waals surface area contributed by atoms with Gasteiger partial charge in [0.05, 0.1) is 19.2 Å². The third kappa shape index (κ3) is 1.88. The fourth-order valence-electron chi connectivity index (χ4n) is 1.55. The molecule has 4 nitrogen and oxygen atoms in total. The fourth-order valence-corrected chi connectivity index (χ4v) is 1.55. The average molecular weight is 206 g/mol. The molecule has 0 aliphatic carbocycles. The molecule has 0 aromatic heterocycles. The van der Waals surface area contributed by atoms with Gasteiger partial charge in [-0.15, -0.1) is 0 Å². The Labute approximate surface area is 88.6 Å². The van der Waals surface area contributed by atoms with E-state index in [9.17, 15) is 5.11 Å². The number of nitrogens with one attached hydrogen (secondary N) is 1. The fraction of sp³-hybridized carbons (Fsp3) is 0.364. The van der Waals surface area contributed by atoms with E-state index in [4.69, 9.17) is 4.74 Å². The highest BCUT2D eigenvalue weighted by atomic mass is 16.5. The summed E-state index contributed by atoms with van der Waals surface area (Å²) in [6.07, 6.45) is 0. The third-order valence-corrected chi connectivity index (χ3v) is 2.37. The molecule has 0 fully saturated rings. The SMILES string of the molecule is COc1ccc(C2=NC[C@H](C)N2)c(O)c1. The van der Waals surface area contributed by atoms with Crippen LogP contribution in [-0.4, -0.2) is 30.6 Å². The number of methoxy groups -OCH3 is 1. The lowest BCUT2D eigenvalue weighted by molar-refractivity contribution is 0.407. The first-order chi connectivity index (χ1) is 7.20. The number of hydrogen-bond acceptors (Lipinski definition) is 4. The predicted octanol–water partition coefficient (Wildman–Crippen LogP) is 1.14. The lowest BCUT2D eigenvalue weighted by Crippen LogP contribution is -2.27. The number of phenols is 1. The average Bonchev–Trinajstić information content (AvgIpc) is 2.64. The van der Waals surface area contributed by atoms with Gasteiger partial charge in [0.2, 0.25) is 0 Å². The van der Waals surface area contributed by atoms with E-state index in [1.165, 1.54) is 0 Å². The first kappa shape index (κ1) is 9.83. The highest BCUT2D eigenvalue weighted by molar-refractivity contribution is 6.02. The summed E-state index contributed by atoms with van der Waals surface area (Å²) in [5.74, 6) is 1.58. The first-order valence-electron chi connectivity index (χ1n) is 4.89.